The molecule has 0 bridgehead atoms. The number of carbonyl (C=O) groups is 1. The van der Waals surface area contributed by atoms with Gasteiger partial charge in [0.05, 0.1) is 6.04 Å². The lowest BCUT2D eigenvalue weighted by atomic mass is 10.2. The lowest BCUT2D eigenvalue weighted by Gasteiger charge is -2.14. The van der Waals surface area contributed by atoms with Crippen molar-refractivity contribution in [1.29, 1.82) is 0 Å². The van der Waals surface area contributed by atoms with Crippen LogP contribution in [0.25, 0.3) is 0 Å². The van der Waals surface area contributed by atoms with Crippen LogP contribution in [0.5, 0.6) is 0 Å². The van der Waals surface area contributed by atoms with Crippen molar-refractivity contribution in [1.82, 2.24) is 10.6 Å². The molecule has 0 aliphatic heterocycles. The molecule has 18 heavy (non-hydrogen) atoms. The minimum atomic E-state index is -0.281. The molecule has 0 saturated heterocycles. The van der Waals surface area contributed by atoms with Gasteiger partial charge in [-0.3, -0.25) is 4.79 Å². The molecule has 98 valence electrons. The molecule has 1 aliphatic carbocycles. The summed E-state index contributed by atoms with van der Waals surface area (Å²) in [5, 5.41) is 6.01. The molecule has 1 aliphatic rings. The number of hydrogen-bond acceptors (Lipinski definition) is 2. The third-order valence-corrected chi connectivity index (χ3v) is 3.31. The van der Waals surface area contributed by atoms with Crippen molar-refractivity contribution in [2.45, 2.75) is 38.4 Å². The molecule has 1 fully saturated rings. The third-order valence-electron chi connectivity index (χ3n) is 2.85. The molecule has 5 heteroatoms. The van der Waals surface area contributed by atoms with Crippen LogP contribution >= 0.6 is 15.9 Å². The normalized spacial score (nSPS) is 16.4. The zero-order valence-corrected chi connectivity index (χ0v) is 11.8. The first-order valence-electron chi connectivity index (χ1n) is 6.03. The highest BCUT2D eigenvalue weighted by molar-refractivity contribution is 9.10. The smallest absolute Gasteiger partial charge is 0.237 e. The fourth-order valence-corrected chi connectivity index (χ4v) is 2.14. The molecule has 1 unspecified atom stereocenters. The minimum absolute atomic E-state index is 0.00738. The van der Waals surface area contributed by atoms with Gasteiger partial charge in [-0.05, 0) is 43.5 Å². The zero-order chi connectivity index (χ0) is 13.1. The van der Waals surface area contributed by atoms with Crippen LogP contribution in [0.1, 0.15) is 25.3 Å². The SMILES string of the molecule is CC(NCc1cc(F)cc(Br)c1)C(=O)NC1CC1. The van der Waals surface area contributed by atoms with Gasteiger partial charge in [0.2, 0.25) is 5.91 Å². The molecule has 1 aromatic rings. The average molecular weight is 315 g/mol. The molecule has 3 nitrogen and oxygen atoms in total. The maximum Gasteiger partial charge on any atom is 0.237 e. The van der Waals surface area contributed by atoms with E-state index >= 15 is 0 Å². The van der Waals surface area contributed by atoms with Crippen molar-refractivity contribution in [3.63, 3.8) is 0 Å². The van der Waals surface area contributed by atoms with E-state index < -0.39 is 0 Å². The Kier molecular flexibility index (Phi) is 4.35. The summed E-state index contributed by atoms with van der Waals surface area (Å²) in [6.07, 6.45) is 2.16. The van der Waals surface area contributed by atoms with E-state index in [0.717, 1.165) is 18.4 Å². The molecule has 1 saturated carbocycles. The molecule has 0 aromatic heterocycles. The van der Waals surface area contributed by atoms with Crippen LogP contribution in [0.15, 0.2) is 22.7 Å². The van der Waals surface area contributed by atoms with Gasteiger partial charge in [-0.15, -0.1) is 0 Å². The van der Waals surface area contributed by atoms with Gasteiger partial charge in [0.15, 0.2) is 0 Å². The Morgan fingerprint density at radius 3 is 2.83 bits per heavy atom. The van der Waals surface area contributed by atoms with Gasteiger partial charge in [-0.1, -0.05) is 15.9 Å². The van der Waals surface area contributed by atoms with Crippen LogP contribution in [0.4, 0.5) is 4.39 Å². The maximum absolute atomic E-state index is 13.2. The topological polar surface area (TPSA) is 41.1 Å². The van der Waals surface area contributed by atoms with Gasteiger partial charge in [-0.25, -0.2) is 4.39 Å². The summed E-state index contributed by atoms with van der Waals surface area (Å²) >= 11 is 3.24. The molecular formula is C13H16BrFN2O. The van der Waals surface area contributed by atoms with Crippen LogP contribution in [0, 0.1) is 5.82 Å². The van der Waals surface area contributed by atoms with E-state index in [1.54, 1.807) is 0 Å². The predicted octanol–water partition coefficient (Wildman–Crippen LogP) is 2.34. The van der Waals surface area contributed by atoms with E-state index in [9.17, 15) is 9.18 Å². The summed E-state index contributed by atoms with van der Waals surface area (Å²) in [5.74, 6) is -0.274. The van der Waals surface area contributed by atoms with Crippen LogP contribution < -0.4 is 10.6 Å². The number of rotatable bonds is 5. The Labute approximate surface area is 114 Å². The molecule has 0 heterocycles. The number of carbonyl (C=O) groups excluding carboxylic acids is 1. The second kappa shape index (κ2) is 5.80. The molecule has 0 radical (unpaired) electrons. The molecule has 1 atom stereocenters. The second-order valence-corrected chi connectivity index (χ2v) is 5.58. The van der Waals surface area contributed by atoms with Gasteiger partial charge in [0.1, 0.15) is 5.82 Å². The molecular weight excluding hydrogens is 299 g/mol. The Bertz CT molecular complexity index is 428. The number of halogens is 2. The second-order valence-electron chi connectivity index (χ2n) is 4.66. The van der Waals surface area contributed by atoms with E-state index in [1.165, 1.54) is 12.1 Å². The van der Waals surface area contributed by atoms with E-state index in [2.05, 4.69) is 26.6 Å². The Morgan fingerprint density at radius 2 is 2.22 bits per heavy atom. The lowest BCUT2D eigenvalue weighted by molar-refractivity contribution is -0.122. The van der Waals surface area contributed by atoms with Crippen LogP contribution in [0.3, 0.4) is 0 Å². The third kappa shape index (κ3) is 4.07. The summed E-state index contributed by atoms with van der Waals surface area (Å²) in [6.45, 7) is 2.28. The van der Waals surface area contributed by atoms with Gasteiger partial charge in [0.25, 0.3) is 0 Å². The summed E-state index contributed by atoms with van der Waals surface area (Å²) in [5.41, 5.74) is 0.813. The first-order valence-corrected chi connectivity index (χ1v) is 6.82. The standard InChI is InChI=1S/C13H16BrFN2O/c1-8(13(18)17-12-2-3-12)16-7-9-4-10(14)6-11(15)5-9/h4-6,8,12,16H,2-3,7H2,1H3,(H,17,18). The first-order chi connectivity index (χ1) is 8.54. The summed E-state index contributed by atoms with van der Waals surface area (Å²) in [4.78, 5) is 11.7. The zero-order valence-electron chi connectivity index (χ0n) is 10.2. The number of nitrogens with one attached hydrogen (secondary N) is 2. The Morgan fingerprint density at radius 1 is 1.50 bits per heavy atom. The van der Waals surface area contributed by atoms with Gasteiger partial charge >= 0.3 is 0 Å². The highest BCUT2D eigenvalue weighted by Crippen LogP contribution is 2.18. The predicted molar refractivity (Wildman–Crippen MR) is 71.6 cm³/mol. The number of benzene rings is 1. The molecule has 1 aromatic carbocycles. The monoisotopic (exact) mass is 314 g/mol. The van der Waals surface area contributed by atoms with Crippen molar-refractivity contribution < 1.29 is 9.18 Å². The van der Waals surface area contributed by atoms with Gasteiger partial charge in [-0.2, -0.15) is 0 Å². The molecule has 1 amide bonds. The van der Waals surface area contributed by atoms with Gasteiger partial charge in [0, 0.05) is 17.1 Å². The number of amides is 1. The van der Waals surface area contributed by atoms with Crippen molar-refractivity contribution in [2.75, 3.05) is 0 Å². The quantitative estimate of drug-likeness (QED) is 0.876. The van der Waals surface area contributed by atoms with Crippen molar-refractivity contribution >= 4 is 21.8 Å². The minimum Gasteiger partial charge on any atom is -0.352 e. The molecule has 0 spiro atoms. The lowest BCUT2D eigenvalue weighted by Crippen LogP contribution is -2.42. The fourth-order valence-electron chi connectivity index (χ4n) is 1.63. The Hall–Kier alpha value is -0.940. The fraction of sp³-hybridized carbons (Fsp3) is 0.462. The van der Waals surface area contributed by atoms with Crippen molar-refractivity contribution in [3.05, 3.63) is 34.1 Å². The van der Waals surface area contributed by atoms with Crippen LogP contribution in [-0.4, -0.2) is 18.0 Å². The summed E-state index contributed by atoms with van der Waals surface area (Å²) < 4.78 is 13.9. The van der Waals surface area contributed by atoms with Crippen LogP contribution in [-0.2, 0) is 11.3 Å². The van der Waals surface area contributed by atoms with E-state index in [1.807, 2.05) is 13.0 Å². The van der Waals surface area contributed by atoms with Gasteiger partial charge < -0.3 is 10.6 Å². The first kappa shape index (κ1) is 13.5. The molecule has 2 N–H and O–H groups in total. The van der Waals surface area contributed by atoms with Crippen molar-refractivity contribution in [2.24, 2.45) is 0 Å². The van der Waals surface area contributed by atoms with E-state index in [4.69, 9.17) is 0 Å². The summed E-state index contributed by atoms with van der Waals surface area (Å²) in [6, 6.07) is 4.80. The summed E-state index contributed by atoms with van der Waals surface area (Å²) in [7, 11) is 0. The average Bonchev–Trinajstić information content (AvgIpc) is 3.08. The largest absolute Gasteiger partial charge is 0.352 e. The van der Waals surface area contributed by atoms with Crippen LogP contribution in [0.2, 0.25) is 0 Å². The molecule has 2 rings (SSSR count). The number of hydrogen-bond donors (Lipinski definition) is 2. The van der Waals surface area contributed by atoms with Crippen molar-refractivity contribution in [3.8, 4) is 0 Å². The van der Waals surface area contributed by atoms with E-state index in [0.29, 0.717) is 17.1 Å². The highest BCUT2D eigenvalue weighted by Gasteiger charge is 2.25. The highest BCUT2D eigenvalue weighted by atomic mass is 79.9. The Balaban J connectivity index is 1.83. The maximum atomic E-state index is 13.2. The van der Waals surface area contributed by atoms with E-state index in [-0.39, 0.29) is 17.8 Å².